The van der Waals surface area contributed by atoms with Gasteiger partial charge in [-0.15, -0.1) is 0 Å². The van der Waals surface area contributed by atoms with E-state index >= 15 is 0 Å². The van der Waals surface area contributed by atoms with Crippen molar-refractivity contribution < 1.29 is 0 Å². The third-order valence-electron chi connectivity index (χ3n) is 23.3. The van der Waals surface area contributed by atoms with Crippen LogP contribution in [0.25, 0.3) is 0 Å². The lowest BCUT2D eigenvalue weighted by atomic mass is 9.30. The van der Waals surface area contributed by atoms with Crippen LogP contribution in [0.15, 0.2) is 0 Å². The van der Waals surface area contributed by atoms with E-state index in [-0.39, 0.29) is 0 Å². The van der Waals surface area contributed by atoms with Crippen molar-refractivity contribution in [1.29, 1.82) is 0 Å². The highest BCUT2D eigenvalue weighted by atomic mass is 14.7. The van der Waals surface area contributed by atoms with Gasteiger partial charge in [-0.25, -0.2) is 0 Å². The van der Waals surface area contributed by atoms with Crippen molar-refractivity contribution in [2.45, 2.75) is 247 Å². The molecule has 0 aliphatic heterocycles. The highest BCUT2D eigenvalue weighted by molar-refractivity contribution is 5.18. The number of fused-ring (bicyclic) bond motifs is 9. The molecule has 0 aromatic carbocycles. The Morgan fingerprint density at radius 3 is 0.696 bits per heavy atom. The van der Waals surface area contributed by atoms with E-state index in [0.29, 0.717) is 16.2 Å². The lowest BCUT2D eigenvalue weighted by Crippen LogP contribution is -2.66. The Kier molecular flexibility index (Phi) is 13.8. The predicted octanol–water partition coefficient (Wildman–Crippen LogP) is 18.1. The molecule has 56 heavy (non-hydrogen) atoms. The zero-order chi connectivity index (χ0) is 42.1. The van der Waals surface area contributed by atoms with Gasteiger partial charge >= 0.3 is 0 Å². The molecule has 328 valence electrons. The van der Waals surface area contributed by atoms with Crippen LogP contribution in [0.4, 0.5) is 0 Å². The second-order valence-corrected chi connectivity index (χ2v) is 26.6. The summed E-state index contributed by atoms with van der Waals surface area (Å²) in [4.78, 5) is 0. The van der Waals surface area contributed by atoms with Crippen molar-refractivity contribution in [2.24, 2.45) is 108 Å². The molecule has 0 nitrogen and oxygen atoms in total. The van der Waals surface area contributed by atoms with Gasteiger partial charge in [0, 0.05) is 0 Å². The van der Waals surface area contributed by atoms with Crippen molar-refractivity contribution in [3.8, 4) is 0 Å². The summed E-state index contributed by atoms with van der Waals surface area (Å²) < 4.78 is 0. The normalized spacial score (nSPS) is 45.8. The van der Waals surface area contributed by atoms with Crippen LogP contribution in [0.2, 0.25) is 0 Å². The van der Waals surface area contributed by atoms with E-state index in [1.165, 1.54) is 116 Å². The molecule has 12 aliphatic rings. The number of rotatable bonds is 8. The average Bonchev–Trinajstić information content (AvgIpc) is 3.09. The second-order valence-electron chi connectivity index (χ2n) is 26.6. The quantitative estimate of drug-likeness (QED) is 0.230. The van der Waals surface area contributed by atoms with Crippen LogP contribution in [-0.4, -0.2) is 0 Å². The first-order valence-electron chi connectivity index (χ1n) is 25.8. The van der Waals surface area contributed by atoms with Crippen LogP contribution >= 0.6 is 0 Å². The van der Waals surface area contributed by atoms with E-state index in [4.69, 9.17) is 0 Å². The average molecular weight is 777 g/mol. The zero-order valence-electron chi connectivity index (χ0n) is 42.1. The summed E-state index contributed by atoms with van der Waals surface area (Å²) in [6.45, 7) is 46.5. The molecule has 0 radical (unpaired) electrons. The van der Waals surface area contributed by atoms with E-state index in [9.17, 15) is 0 Å². The first kappa shape index (κ1) is 47.1. The molecule has 0 saturated heterocycles. The fourth-order valence-corrected chi connectivity index (χ4v) is 17.1. The van der Waals surface area contributed by atoms with E-state index in [0.717, 1.165) is 92.2 Å². The van der Waals surface area contributed by atoms with Crippen LogP contribution < -0.4 is 0 Å². The number of hydrogen-bond donors (Lipinski definition) is 0. The van der Waals surface area contributed by atoms with E-state index < -0.39 is 0 Å². The van der Waals surface area contributed by atoms with Gasteiger partial charge in [0.05, 0.1) is 0 Å². The maximum absolute atomic E-state index is 2.53. The minimum absolute atomic E-state index is 0.677. The molecule has 0 heteroatoms. The molecule has 0 spiro atoms. The molecule has 0 amide bonds. The first-order valence-corrected chi connectivity index (χ1v) is 25.8. The third-order valence-corrected chi connectivity index (χ3v) is 23.3. The number of hydrogen-bond acceptors (Lipinski definition) is 0. The lowest BCUT2D eigenvalue weighted by molar-refractivity contribution is -0.252. The fraction of sp³-hybridized carbons (Fsp3) is 1.00. The Morgan fingerprint density at radius 1 is 0.250 bits per heavy atom. The van der Waals surface area contributed by atoms with Gasteiger partial charge < -0.3 is 0 Å². The minimum Gasteiger partial charge on any atom is -0.0622 e. The minimum atomic E-state index is 0.677. The van der Waals surface area contributed by atoms with Gasteiger partial charge in [0.15, 0.2) is 0 Å². The molecule has 0 aromatic rings. The van der Waals surface area contributed by atoms with Crippen molar-refractivity contribution >= 4 is 0 Å². The first-order chi connectivity index (χ1) is 25.8. The Hall–Kier alpha value is 0. The van der Waals surface area contributed by atoms with E-state index in [1.807, 2.05) is 0 Å². The summed E-state index contributed by atoms with van der Waals surface area (Å²) in [5, 5.41) is 0. The second kappa shape index (κ2) is 16.4. The van der Waals surface area contributed by atoms with Crippen LogP contribution in [0.5, 0.6) is 0 Å². The van der Waals surface area contributed by atoms with Crippen LogP contribution in [0, 0.1) is 108 Å². The fourth-order valence-electron chi connectivity index (χ4n) is 17.1. The summed E-state index contributed by atoms with van der Waals surface area (Å²) in [7, 11) is 0. The van der Waals surface area contributed by atoms with Gasteiger partial charge in [0.1, 0.15) is 0 Å². The highest BCUT2D eigenvalue weighted by Crippen LogP contribution is 2.78. The molecule has 0 aromatic heterocycles. The smallest absolute Gasteiger partial charge is 0.0246 e. The largest absolute Gasteiger partial charge is 0.0622 e. The Bertz CT molecular complexity index is 1160. The van der Waals surface area contributed by atoms with Crippen LogP contribution in [-0.2, 0) is 0 Å². The maximum atomic E-state index is 2.53. The molecule has 5 atom stereocenters. The molecule has 12 fully saturated rings. The van der Waals surface area contributed by atoms with Gasteiger partial charge in [-0.3, -0.25) is 0 Å². The molecule has 12 aliphatic carbocycles. The summed E-state index contributed by atoms with van der Waals surface area (Å²) in [6, 6.07) is 0. The third kappa shape index (κ3) is 7.63. The SMILES string of the molecule is CC(C)C12CC(C(C)C)(C1)C2.CC(C)C12CCC(C(C)C)(CC1)C(C)C2.CC(C)C12CCC(C(C)C)(CC1)CC2.CC(C)C12CCC(C(C)C)(CC1C)C(C)C2. The Labute approximate surface area is 354 Å². The molecular formula is C56H104. The van der Waals surface area contributed by atoms with Gasteiger partial charge in [-0.1, -0.05) is 132 Å². The molecule has 8 bridgehead atoms. The molecular weight excluding hydrogens is 673 g/mol. The van der Waals surface area contributed by atoms with Crippen molar-refractivity contribution in [2.75, 3.05) is 0 Å². The van der Waals surface area contributed by atoms with Gasteiger partial charge in [0.25, 0.3) is 0 Å². The van der Waals surface area contributed by atoms with Gasteiger partial charge in [-0.2, -0.15) is 0 Å². The monoisotopic (exact) mass is 777 g/mol. The topological polar surface area (TPSA) is 0 Å². The summed E-state index contributed by atoms with van der Waals surface area (Å²) in [5.41, 5.74) is 5.89. The van der Waals surface area contributed by atoms with E-state index in [1.54, 1.807) is 0 Å². The Balaban J connectivity index is 0.000000144. The van der Waals surface area contributed by atoms with Crippen LogP contribution in [0.1, 0.15) is 247 Å². The summed E-state index contributed by atoms with van der Waals surface area (Å²) in [5.74, 6) is 10.1. The van der Waals surface area contributed by atoms with Gasteiger partial charge in [0.2, 0.25) is 0 Å². The Morgan fingerprint density at radius 2 is 0.482 bits per heavy atom. The van der Waals surface area contributed by atoms with Gasteiger partial charge in [-0.05, 0) is 224 Å². The zero-order valence-corrected chi connectivity index (χ0v) is 42.1. The molecule has 0 N–H and O–H groups in total. The lowest BCUT2D eigenvalue weighted by Gasteiger charge is -2.75. The summed E-state index contributed by atoms with van der Waals surface area (Å²) >= 11 is 0. The van der Waals surface area contributed by atoms with E-state index in [2.05, 4.69) is 132 Å². The van der Waals surface area contributed by atoms with Crippen molar-refractivity contribution in [1.82, 2.24) is 0 Å². The van der Waals surface area contributed by atoms with Crippen LogP contribution in [0.3, 0.4) is 0 Å². The molecule has 12 rings (SSSR count). The molecule has 5 unspecified atom stereocenters. The standard InChI is InChI=1S/C16H30.C15H28.C14H26.C11H20/c1-11(2)15-7-8-16(12(3)4,10-13(15)5)14(6)9-15;1-11(2)14-6-8-15(9-7-14,12(3)4)13(5)10-14;1-11(2)13-5-8-14(9-6-13,10-7-13)12(3)4;1-8(2)10-5-11(6-10,7-10)9(3)4/h11-14H,7-10H2,1-6H3;11-13H,6-10H2,1-5H3;11-12H,5-10H2,1-4H3;8-9H,5-7H2,1-4H3. The summed E-state index contributed by atoms with van der Waals surface area (Å²) in [6.07, 6.45) is 27.2. The molecule has 0 heterocycles. The highest BCUT2D eigenvalue weighted by Gasteiger charge is 2.69. The van der Waals surface area contributed by atoms with Crippen molar-refractivity contribution in [3.63, 3.8) is 0 Å². The predicted molar refractivity (Wildman–Crippen MR) is 249 cm³/mol. The maximum Gasteiger partial charge on any atom is -0.0246 e. The molecule has 12 saturated carbocycles. The van der Waals surface area contributed by atoms with Crippen molar-refractivity contribution in [3.05, 3.63) is 0 Å².